The molecule has 4 nitrogen and oxygen atoms in total. The molecule has 0 aromatic heterocycles. The van der Waals surface area contributed by atoms with Crippen molar-refractivity contribution in [3.63, 3.8) is 0 Å². The summed E-state index contributed by atoms with van der Waals surface area (Å²) in [5, 5.41) is 11.3. The lowest BCUT2D eigenvalue weighted by Gasteiger charge is -2.30. The highest BCUT2D eigenvalue weighted by Crippen LogP contribution is 2.17. The van der Waals surface area contributed by atoms with Crippen molar-refractivity contribution in [1.29, 1.82) is 0 Å². The van der Waals surface area contributed by atoms with E-state index in [1.165, 1.54) is 21.0 Å². The number of rotatable bonds is 5. The van der Waals surface area contributed by atoms with Crippen LogP contribution in [0.4, 0.5) is 13.2 Å². The van der Waals surface area contributed by atoms with Gasteiger partial charge in [-0.1, -0.05) is 0 Å². The van der Waals surface area contributed by atoms with Crippen LogP contribution in [-0.4, -0.2) is 54.9 Å². The van der Waals surface area contributed by atoms with E-state index in [1.54, 1.807) is 0 Å². The summed E-state index contributed by atoms with van der Waals surface area (Å²) in [5.41, 5.74) is -1.38. The van der Waals surface area contributed by atoms with E-state index in [0.29, 0.717) is 0 Å². The third-order valence-electron chi connectivity index (χ3n) is 2.06. The fourth-order valence-corrected chi connectivity index (χ4v) is 1.16. The molecule has 0 spiro atoms. The minimum absolute atomic E-state index is 0.224. The topological polar surface area (TPSA) is 52.6 Å². The van der Waals surface area contributed by atoms with Gasteiger partial charge in [-0.25, -0.2) is 0 Å². The first-order chi connectivity index (χ1) is 6.60. The summed E-state index contributed by atoms with van der Waals surface area (Å²) in [6, 6.07) is 0. The van der Waals surface area contributed by atoms with Crippen LogP contribution in [0.2, 0.25) is 0 Å². The second kappa shape index (κ2) is 4.80. The second-order valence-electron chi connectivity index (χ2n) is 3.67. The number of alkyl halides is 3. The minimum atomic E-state index is -4.32. The van der Waals surface area contributed by atoms with Crippen LogP contribution in [-0.2, 0) is 4.79 Å². The number of carboxylic acids is 1. The molecule has 90 valence electrons. The molecule has 1 atom stereocenters. The van der Waals surface area contributed by atoms with Gasteiger partial charge in [-0.05, 0) is 21.0 Å². The van der Waals surface area contributed by atoms with E-state index in [-0.39, 0.29) is 6.54 Å². The highest BCUT2D eigenvalue weighted by Gasteiger charge is 2.36. The molecule has 0 fully saturated rings. The summed E-state index contributed by atoms with van der Waals surface area (Å²) in [6.45, 7) is -0.0158. The van der Waals surface area contributed by atoms with Crippen molar-refractivity contribution in [2.45, 2.75) is 18.6 Å². The third kappa shape index (κ3) is 4.98. The first kappa shape index (κ1) is 14.2. The highest BCUT2D eigenvalue weighted by atomic mass is 19.4. The summed E-state index contributed by atoms with van der Waals surface area (Å²) in [6.07, 6.45) is -4.32. The maximum atomic E-state index is 12.0. The number of halogens is 3. The standard InChI is InChI=1S/C8H15F3N2O2/c1-7(12-2,6(14)15)4-13(3)5-8(9,10)11/h12H,4-5H2,1-3H3,(H,14,15). The Bertz CT molecular complexity index is 232. The largest absolute Gasteiger partial charge is 0.480 e. The predicted octanol–water partition coefficient (Wildman–Crippen LogP) is 0.543. The molecule has 0 radical (unpaired) electrons. The lowest BCUT2D eigenvalue weighted by Crippen LogP contribution is -2.55. The van der Waals surface area contributed by atoms with Crippen LogP contribution in [0.15, 0.2) is 0 Å². The van der Waals surface area contributed by atoms with Crippen molar-refractivity contribution >= 4 is 5.97 Å². The molecule has 0 amide bonds. The molecular weight excluding hydrogens is 213 g/mol. The van der Waals surface area contributed by atoms with Gasteiger partial charge in [0.15, 0.2) is 0 Å². The smallest absolute Gasteiger partial charge is 0.401 e. The van der Waals surface area contributed by atoms with Gasteiger partial charge in [0.1, 0.15) is 5.54 Å². The van der Waals surface area contributed by atoms with Crippen molar-refractivity contribution in [3.8, 4) is 0 Å². The van der Waals surface area contributed by atoms with Crippen molar-refractivity contribution in [2.24, 2.45) is 0 Å². The molecule has 0 aliphatic heterocycles. The summed E-state index contributed by atoms with van der Waals surface area (Å²) in [5.74, 6) is -1.18. The van der Waals surface area contributed by atoms with Gasteiger partial charge in [-0.15, -0.1) is 0 Å². The zero-order valence-electron chi connectivity index (χ0n) is 8.85. The first-order valence-electron chi connectivity index (χ1n) is 4.28. The summed E-state index contributed by atoms with van der Waals surface area (Å²) in [4.78, 5) is 11.7. The zero-order valence-corrected chi connectivity index (χ0v) is 8.85. The van der Waals surface area contributed by atoms with Crippen molar-refractivity contribution in [1.82, 2.24) is 10.2 Å². The van der Waals surface area contributed by atoms with Crippen LogP contribution in [0.1, 0.15) is 6.92 Å². The number of likely N-dealkylation sites (N-methyl/N-ethyl adjacent to an activating group) is 2. The molecule has 15 heavy (non-hydrogen) atoms. The van der Waals surface area contributed by atoms with Gasteiger partial charge in [-0.3, -0.25) is 9.69 Å². The van der Waals surface area contributed by atoms with E-state index in [2.05, 4.69) is 5.32 Å². The molecule has 0 saturated heterocycles. The average Bonchev–Trinajstić information content (AvgIpc) is 1.99. The van der Waals surface area contributed by atoms with Crippen molar-refractivity contribution < 1.29 is 23.1 Å². The Labute approximate surface area is 86.1 Å². The Hall–Kier alpha value is -0.820. The minimum Gasteiger partial charge on any atom is -0.480 e. The molecule has 0 aliphatic rings. The molecule has 0 bridgehead atoms. The Morgan fingerprint density at radius 3 is 2.13 bits per heavy atom. The molecule has 7 heteroatoms. The quantitative estimate of drug-likeness (QED) is 0.721. The predicted molar refractivity (Wildman–Crippen MR) is 48.7 cm³/mol. The normalized spacial score (nSPS) is 16.5. The highest BCUT2D eigenvalue weighted by molar-refractivity contribution is 5.78. The van der Waals surface area contributed by atoms with E-state index in [1.807, 2.05) is 0 Å². The monoisotopic (exact) mass is 228 g/mol. The maximum Gasteiger partial charge on any atom is 0.401 e. The SMILES string of the molecule is CNC(C)(CN(C)CC(F)(F)F)C(=O)O. The van der Waals surface area contributed by atoms with E-state index >= 15 is 0 Å². The van der Waals surface area contributed by atoms with Gasteiger partial charge in [0, 0.05) is 6.54 Å². The van der Waals surface area contributed by atoms with Gasteiger partial charge in [0.25, 0.3) is 0 Å². The van der Waals surface area contributed by atoms with E-state index < -0.39 is 24.2 Å². The number of hydrogen-bond donors (Lipinski definition) is 2. The number of aliphatic carboxylic acids is 1. The average molecular weight is 228 g/mol. The Morgan fingerprint density at radius 1 is 1.40 bits per heavy atom. The molecular formula is C8H15F3N2O2. The van der Waals surface area contributed by atoms with Crippen LogP contribution in [0.5, 0.6) is 0 Å². The van der Waals surface area contributed by atoms with Crippen LogP contribution in [0.25, 0.3) is 0 Å². The van der Waals surface area contributed by atoms with Gasteiger partial charge >= 0.3 is 12.1 Å². The molecule has 0 heterocycles. The number of nitrogens with zero attached hydrogens (tertiary/aromatic N) is 1. The van der Waals surface area contributed by atoms with E-state index in [9.17, 15) is 18.0 Å². The summed E-state index contributed by atoms with van der Waals surface area (Å²) in [7, 11) is 2.63. The molecule has 0 aromatic rings. The van der Waals surface area contributed by atoms with Crippen molar-refractivity contribution in [3.05, 3.63) is 0 Å². The number of hydrogen-bond acceptors (Lipinski definition) is 3. The molecule has 0 saturated carbocycles. The van der Waals surface area contributed by atoms with E-state index in [4.69, 9.17) is 5.11 Å². The second-order valence-corrected chi connectivity index (χ2v) is 3.67. The lowest BCUT2D eigenvalue weighted by atomic mass is 10.0. The number of nitrogens with one attached hydrogen (secondary N) is 1. The summed E-state index contributed by atoms with van der Waals surface area (Å²) >= 11 is 0. The van der Waals surface area contributed by atoms with E-state index in [0.717, 1.165) is 4.90 Å². The number of carbonyl (C=O) groups is 1. The van der Waals surface area contributed by atoms with Crippen LogP contribution < -0.4 is 5.32 Å². The Balaban J connectivity index is 4.38. The van der Waals surface area contributed by atoms with Gasteiger partial charge in [-0.2, -0.15) is 13.2 Å². The molecule has 1 unspecified atom stereocenters. The van der Waals surface area contributed by atoms with Crippen LogP contribution in [0.3, 0.4) is 0 Å². The molecule has 0 rings (SSSR count). The van der Waals surface area contributed by atoms with Gasteiger partial charge in [0.2, 0.25) is 0 Å². The lowest BCUT2D eigenvalue weighted by molar-refractivity contribution is -0.153. The maximum absolute atomic E-state index is 12.0. The Morgan fingerprint density at radius 2 is 1.87 bits per heavy atom. The van der Waals surface area contributed by atoms with Crippen LogP contribution in [0, 0.1) is 0 Å². The fourth-order valence-electron chi connectivity index (χ4n) is 1.16. The first-order valence-corrected chi connectivity index (χ1v) is 4.28. The summed E-state index contributed by atoms with van der Waals surface area (Å²) < 4.78 is 35.9. The zero-order chi connectivity index (χ0) is 12.3. The molecule has 2 N–H and O–H groups in total. The third-order valence-corrected chi connectivity index (χ3v) is 2.06. The van der Waals surface area contributed by atoms with Crippen molar-refractivity contribution in [2.75, 3.05) is 27.2 Å². The van der Waals surface area contributed by atoms with Gasteiger partial charge < -0.3 is 10.4 Å². The molecule has 0 aromatic carbocycles. The Kier molecular flexibility index (Phi) is 4.54. The molecule has 0 aliphatic carbocycles. The fraction of sp³-hybridized carbons (Fsp3) is 0.875. The number of carboxylic acid groups (broad SMARTS) is 1. The van der Waals surface area contributed by atoms with Crippen LogP contribution >= 0.6 is 0 Å². The van der Waals surface area contributed by atoms with Gasteiger partial charge in [0.05, 0.1) is 6.54 Å².